The molecule has 1 fully saturated rings. The minimum atomic E-state index is -0.912. The Morgan fingerprint density at radius 1 is 1.30 bits per heavy atom. The van der Waals surface area contributed by atoms with Crippen molar-refractivity contribution in [1.29, 1.82) is 0 Å². The molecule has 1 saturated heterocycles. The van der Waals surface area contributed by atoms with Gasteiger partial charge in [0.05, 0.1) is 5.41 Å². The van der Waals surface area contributed by atoms with Crippen molar-refractivity contribution in [3.8, 4) is 0 Å². The molecule has 1 atom stereocenters. The average Bonchev–Trinajstić information content (AvgIpc) is 2.89. The number of carboxylic acid groups (broad SMARTS) is 1. The number of rotatable bonds is 8. The Kier molecular flexibility index (Phi) is 6.46. The van der Waals surface area contributed by atoms with E-state index in [0.717, 1.165) is 19.5 Å². The maximum absolute atomic E-state index is 12.0. The van der Waals surface area contributed by atoms with Crippen molar-refractivity contribution in [2.45, 2.75) is 58.9 Å². The summed E-state index contributed by atoms with van der Waals surface area (Å²) in [7, 11) is 0. The van der Waals surface area contributed by atoms with Crippen molar-refractivity contribution >= 4 is 11.9 Å². The molecule has 116 valence electrons. The van der Waals surface area contributed by atoms with E-state index in [2.05, 4.69) is 17.1 Å². The second-order valence-corrected chi connectivity index (χ2v) is 5.70. The predicted octanol–water partition coefficient (Wildman–Crippen LogP) is 1.87. The van der Waals surface area contributed by atoms with Gasteiger partial charge in [-0.15, -0.1) is 0 Å². The van der Waals surface area contributed by atoms with Gasteiger partial charge in [0.15, 0.2) is 0 Å². The van der Waals surface area contributed by atoms with Crippen molar-refractivity contribution in [2.75, 3.05) is 19.6 Å². The van der Waals surface area contributed by atoms with Crippen LogP contribution in [-0.2, 0) is 9.59 Å². The normalized spacial score (nSPS) is 20.1. The molecule has 1 heterocycles. The first-order valence-corrected chi connectivity index (χ1v) is 7.73. The molecule has 0 aromatic heterocycles. The maximum atomic E-state index is 12.0. The lowest BCUT2D eigenvalue weighted by Crippen LogP contribution is -2.42. The van der Waals surface area contributed by atoms with Gasteiger partial charge >= 0.3 is 5.97 Å². The van der Waals surface area contributed by atoms with E-state index in [4.69, 9.17) is 0 Å². The third kappa shape index (κ3) is 3.95. The number of aliphatic carboxylic acids is 1. The third-order valence-corrected chi connectivity index (χ3v) is 4.75. The van der Waals surface area contributed by atoms with Crippen LogP contribution in [0.15, 0.2) is 0 Å². The van der Waals surface area contributed by atoms with Crippen LogP contribution in [0.5, 0.6) is 0 Å². The molecule has 0 aromatic rings. The highest BCUT2D eigenvalue weighted by Gasteiger charge is 2.37. The monoisotopic (exact) mass is 284 g/mol. The van der Waals surface area contributed by atoms with E-state index in [1.165, 1.54) is 6.42 Å². The van der Waals surface area contributed by atoms with Crippen molar-refractivity contribution in [3.63, 3.8) is 0 Å². The molecule has 0 aliphatic carbocycles. The second kappa shape index (κ2) is 7.62. The van der Waals surface area contributed by atoms with Gasteiger partial charge in [-0.1, -0.05) is 20.8 Å². The average molecular weight is 284 g/mol. The molecule has 0 saturated carbocycles. The van der Waals surface area contributed by atoms with Gasteiger partial charge in [-0.25, -0.2) is 0 Å². The van der Waals surface area contributed by atoms with Crippen LogP contribution in [0.4, 0.5) is 0 Å². The van der Waals surface area contributed by atoms with Gasteiger partial charge in [0.2, 0.25) is 5.91 Å². The molecule has 2 N–H and O–H groups in total. The van der Waals surface area contributed by atoms with Gasteiger partial charge in [-0.05, 0) is 38.8 Å². The van der Waals surface area contributed by atoms with Crippen LogP contribution in [-0.4, -0.2) is 47.6 Å². The van der Waals surface area contributed by atoms with E-state index in [1.54, 1.807) is 0 Å². The molecule has 0 aromatic carbocycles. The molecule has 1 aliphatic rings. The van der Waals surface area contributed by atoms with Crippen LogP contribution in [0.3, 0.4) is 0 Å². The number of carboxylic acids is 1. The molecule has 1 amide bonds. The SMILES string of the molecule is CCN1CCCC1CNC(=O)CC(CC)(CC)C(=O)O. The lowest BCUT2D eigenvalue weighted by molar-refractivity contribution is -0.152. The van der Waals surface area contributed by atoms with E-state index in [-0.39, 0.29) is 12.3 Å². The van der Waals surface area contributed by atoms with E-state index in [0.29, 0.717) is 25.4 Å². The van der Waals surface area contributed by atoms with E-state index in [1.807, 2.05) is 13.8 Å². The topological polar surface area (TPSA) is 69.6 Å². The summed E-state index contributed by atoms with van der Waals surface area (Å²) in [5.41, 5.74) is -0.912. The number of hydrogen-bond acceptors (Lipinski definition) is 3. The Morgan fingerprint density at radius 3 is 2.45 bits per heavy atom. The van der Waals surface area contributed by atoms with Crippen LogP contribution in [0.25, 0.3) is 0 Å². The van der Waals surface area contributed by atoms with Gasteiger partial charge in [0, 0.05) is 19.0 Å². The third-order valence-electron chi connectivity index (χ3n) is 4.75. The molecule has 1 rings (SSSR count). The number of carbonyl (C=O) groups is 2. The molecular formula is C15H28N2O3. The van der Waals surface area contributed by atoms with Crippen molar-refractivity contribution in [3.05, 3.63) is 0 Å². The predicted molar refractivity (Wildman–Crippen MR) is 78.5 cm³/mol. The molecule has 20 heavy (non-hydrogen) atoms. The summed E-state index contributed by atoms with van der Waals surface area (Å²) in [6.07, 6.45) is 3.33. The zero-order valence-corrected chi connectivity index (χ0v) is 12.9. The molecule has 0 radical (unpaired) electrons. The lowest BCUT2D eigenvalue weighted by atomic mass is 9.79. The smallest absolute Gasteiger partial charge is 0.310 e. The molecule has 0 bridgehead atoms. The zero-order valence-electron chi connectivity index (χ0n) is 12.9. The summed E-state index contributed by atoms with van der Waals surface area (Å²) in [4.78, 5) is 25.8. The van der Waals surface area contributed by atoms with Crippen LogP contribution in [0, 0.1) is 5.41 Å². The van der Waals surface area contributed by atoms with E-state index < -0.39 is 11.4 Å². The first-order valence-electron chi connectivity index (χ1n) is 7.73. The Balaban J connectivity index is 2.48. The number of likely N-dealkylation sites (tertiary alicyclic amines) is 1. The summed E-state index contributed by atoms with van der Waals surface area (Å²) in [5, 5.41) is 12.3. The highest BCUT2D eigenvalue weighted by atomic mass is 16.4. The first-order chi connectivity index (χ1) is 9.49. The van der Waals surface area contributed by atoms with E-state index in [9.17, 15) is 14.7 Å². The molecule has 0 spiro atoms. The zero-order chi connectivity index (χ0) is 15.2. The van der Waals surface area contributed by atoms with Crippen molar-refractivity contribution in [1.82, 2.24) is 10.2 Å². The summed E-state index contributed by atoms with van der Waals surface area (Å²) in [6.45, 7) is 8.53. The van der Waals surface area contributed by atoms with Crippen LogP contribution < -0.4 is 5.32 Å². The number of likely N-dealkylation sites (N-methyl/N-ethyl adjacent to an activating group) is 1. The van der Waals surface area contributed by atoms with Gasteiger partial charge in [-0.3, -0.25) is 14.5 Å². The molecule has 1 aliphatic heterocycles. The Morgan fingerprint density at radius 2 is 1.95 bits per heavy atom. The minimum absolute atomic E-state index is 0.0776. The van der Waals surface area contributed by atoms with Gasteiger partial charge in [-0.2, -0.15) is 0 Å². The summed E-state index contributed by atoms with van der Waals surface area (Å²) in [5.74, 6) is -1.01. The second-order valence-electron chi connectivity index (χ2n) is 5.70. The Labute approximate surface area is 121 Å². The van der Waals surface area contributed by atoms with Gasteiger partial charge < -0.3 is 10.4 Å². The van der Waals surface area contributed by atoms with Crippen LogP contribution in [0.2, 0.25) is 0 Å². The quantitative estimate of drug-likeness (QED) is 0.714. The standard InChI is InChI=1S/C15H28N2O3/c1-4-15(5-2,14(19)20)10-13(18)16-11-12-8-7-9-17(12)6-3/h12H,4-11H2,1-3H3,(H,16,18)(H,19,20). The summed E-state index contributed by atoms with van der Waals surface area (Å²) < 4.78 is 0. The van der Waals surface area contributed by atoms with E-state index >= 15 is 0 Å². The molecular weight excluding hydrogens is 256 g/mol. The Bertz CT molecular complexity index is 340. The fraction of sp³-hybridized carbons (Fsp3) is 0.867. The highest BCUT2D eigenvalue weighted by molar-refractivity contribution is 5.84. The van der Waals surface area contributed by atoms with Crippen LogP contribution >= 0.6 is 0 Å². The van der Waals surface area contributed by atoms with Crippen LogP contribution in [0.1, 0.15) is 52.9 Å². The molecule has 1 unspecified atom stereocenters. The minimum Gasteiger partial charge on any atom is -0.481 e. The maximum Gasteiger partial charge on any atom is 0.310 e. The number of carbonyl (C=O) groups excluding carboxylic acids is 1. The number of hydrogen-bond donors (Lipinski definition) is 2. The number of amides is 1. The van der Waals surface area contributed by atoms with Gasteiger partial charge in [0.25, 0.3) is 0 Å². The molecule has 5 heteroatoms. The summed E-state index contributed by atoms with van der Waals surface area (Å²) in [6, 6.07) is 0.409. The lowest BCUT2D eigenvalue weighted by Gasteiger charge is -2.27. The number of nitrogens with one attached hydrogen (secondary N) is 1. The summed E-state index contributed by atoms with van der Waals surface area (Å²) >= 11 is 0. The first kappa shape index (κ1) is 17.0. The fourth-order valence-electron chi connectivity index (χ4n) is 3.02. The fourth-order valence-corrected chi connectivity index (χ4v) is 3.02. The Hall–Kier alpha value is -1.10. The van der Waals surface area contributed by atoms with Crippen molar-refractivity contribution in [2.24, 2.45) is 5.41 Å². The highest BCUT2D eigenvalue weighted by Crippen LogP contribution is 2.30. The van der Waals surface area contributed by atoms with Gasteiger partial charge in [0.1, 0.15) is 0 Å². The number of nitrogens with zero attached hydrogens (tertiary/aromatic N) is 1. The largest absolute Gasteiger partial charge is 0.481 e. The molecule has 5 nitrogen and oxygen atoms in total. The van der Waals surface area contributed by atoms with Crippen molar-refractivity contribution < 1.29 is 14.7 Å².